The molecule has 0 fully saturated rings. The highest BCUT2D eigenvalue weighted by molar-refractivity contribution is 7.90. The summed E-state index contributed by atoms with van der Waals surface area (Å²) >= 11 is 0. The first kappa shape index (κ1) is 31.6. The third-order valence-electron chi connectivity index (χ3n) is 6.82. The van der Waals surface area contributed by atoms with Crippen molar-refractivity contribution in [2.45, 2.75) is 45.3 Å². The summed E-state index contributed by atoms with van der Waals surface area (Å²) in [6.45, 7) is 3.47. The minimum Gasteiger partial charge on any atom is -0.497 e. The Kier molecular flexibility index (Phi) is 11.3. The molecule has 0 aliphatic heterocycles. The molecule has 0 bridgehead atoms. The van der Waals surface area contributed by atoms with Gasteiger partial charge in [0, 0.05) is 33.1 Å². The molecule has 0 heterocycles. The lowest BCUT2D eigenvalue weighted by molar-refractivity contribution is -0.140. The number of anilines is 1. The highest BCUT2D eigenvalue weighted by Gasteiger charge is 2.35. The second-order valence-corrected chi connectivity index (χ2v) is 12.1. The lowest BCUT2D eigenvalue weighted by Gasteiger charge is -2.35. The Morgan fingerprint density at radius 1 is 0.902 bits per heavy atom. The van der Waals surface area contributed by atoms with Crippen molar-refractivity contribution >= 4 is 27.7 Å². The predicted molar refractivity (Wildman–Crippen MR) is 162 cm³/mol. The zero-order chi connectivity index (χ0) is 30.0. The number of hydrogen-bond acceptors (Lipinski definition) is 5. The number of nitrogens with one attached hydrogen (secondary N) is 1. The summed E-state index contributed by atoms with van der Waals surface area (Å²) < 4.78 is 34.3. The molecule has 9 nitrogen and oxygen atoms in total. The molecule has 2 atom stereocenters. The van der Waals surface area contributed by atoms with E-state index in [1.807, 2.05) is 56.3 Å². The van der Waals surface area contributed by atoms with Crippen LogP contribution in [0.25, 0.3) is 0 Å². The summed E-state index contributed by atoms with van der Waals surface area (Å²) in [5.74, 6) is -0.205. The van der Waals surface area contributed by atoms with Crippen molar-refractivity contribution in [3.63, 3.8) is 0 Å². The average Bonchev–Trinajstić information content (AvgIpc) is 2.98. The van der Waals surface area contributed by atoms with Crippen molar-refractivity contribution in [2.24, 2.45) is 0 Å². The van der Waals surface area contributed by atoms with E-state index in [0.29, 0.717) is 11.4 Å². The van der Waals surface area contributed by atoms with E-state index in [4.69, 9.17) is 4.74 Å². The molecule has 41 heavy (non-hydrogen) atoms. The third-order valence-corrected chi connectivity index (χ3v) is 8.64. The first-order valence-corrected chi connectivity index (χ1v) is 15.0. The van der Waals surface area contributed by atoms with Crippen molar-refractivity contribution in [1.82, 2.24) is 14.5 Å². The molecule has 220 valence electrons. The topological polar surface area (TPSA) is 99.3 Å². The fourth-order valence-corrected chi connectivity index (χ4v) is 5.33. The normalized spacial score (nSPS) is 12.8. The van der Waals surface area contributed by atoms with Gasteiger partial charge in [-0.1, -0.05) is 67.6 Å². The Bertz CT molecular complexity index is 1380. The van der Waals surface area contributed by atoms with Gasteiger partial charge in [0.2, 0.25) is 11.8 Å². The van der Waals surface area contributed by atoms with Gasteiger partial charge in [-0.25, -0.2) is 4.31 Å². The van der Waals surface area contributed by atoms with Crippen molar-refractivity contribution in [2.75, 3.05) is 32.1 Å². The van der Waals surface area contributed by atoms with Gasteiger partial charge in [-0.2, -0.15) is 12.7 Å². The van der Waals surface area contributed by atoms with Gasteiger partial charge >= 0.3 is 10.2 Å². The summed E-state index contributed by atoms with van der Waals surface area (Å²) in [4.78, 5) is 29.5. The maximum atomic E-state index is 14.2. The fourth-order valence-electron chi connectivity index (χ4n) is 4.27. The van der Waals surface area contributed by atoms with Crippen LogP contribution < -0.4 is 14.4 Å². The average molecular weight is 581 g/mol. The second-order valence-electron chi connectivity index (χ2n) is 10.0. The molecule has 1 N–H and O–H groups in total. The Hall–Kier alpha value is -3.89. The third kappa shape index (κ3) is 8.55. The number of carbonyl (C=O) groups is 2. The second kappa shape index (κ2) is 14.7. The molecule has 3 rings (SSSR count). The SMILES string of the molecule is CC[C@@H](C)NC(=O)[C@H](Cc1ccccc1)N(Cc1cccc(OC)c1)C(=O)CN(c1ccccc1)S(=O)(=O)N(C)C. The molecular weight excluding hydrogens is 540 g/mol. The molecule has 3 aromatic rings. The monoisotopic (exact) mass is 580 g/mol. The van der Waals surface area contributed by atoms with Gasteiger partial charge in [0.1, 0.15) is 18.3 Å². The smallest absolute Gasteiger partial charge is 0.304 e. The molecule has 0 aliphatic carbocycles. The van der Waals surface area contributed by atoms with E-state index < -0.39 is 28.7 Å². The number of hydrogen-bond donors (Lipinski definition) is 1. The van der Waals surface area contributed by atoms with Gasteiger partial charge in [0.15, 0.2) is 0 Å². The van der Waals surface area contributed by atoms with E-state index in [1.165, 1.54) is 19.0 Å². The van der Waals surface area contributed by atoms with Gasteiger partial charge in [-0.15, -0.1) is 0 Å². The molecule has 0 spiro atoms. The summed E-state index contributed by atoms with van der Waals surface area (Å²) in [7, 11) is 0.362. The van der Waals surface area contributed by atoms with E-state index in [2.05, 4.69) is 5.32 Å². The van der Waals surface area contributed by atoms with E-state index in [-0.39, 0.29) is 24.9 Å². The highest BCUT2D eigenvalue weighted by atomic mass is 32.2. The first-order valence-electron chi connectivity index (χ1n) is 13.6. The molecule has 2 amide bonds. The van der Waals surface area contributed by atoms with Crippen LogP contribution >= 0.6 is 0 Å². The standard InChI is InChI=1S/C31H40N4O5S/c1-6-24(2)32-31(37)29(21-25-14-9-7-10-15-25)34(22-26-16-13-19-28(20-26)40-5)30(36)23-35(41(38,39)33(3)4)27-17-11-8-12-18-27/h7-20,24,29H,6,21-23H2,1-5H3,(H,32,37)/t24-,29+/m1/s1. The number of amides is 2. The number of methoxy groups -OCH3 is 1. The molecule has 0 aliphatic rings. The molecular formula is C31H40N4O5S. The molecule has 0 saturated carbocycles. The fraction of sp³-hybridized carbons (Fsp3) is 0.355. The van der Waals surface area contributed by atoms with Crippen molar-refractivity contribution in [3.8, 4) is 5.75 Å². The van der Waals surface area contributed by atoms with Crippen LogP contribution in [0.5, 0.6) is 5.75 Å². The Labute approximate surface area is 243 Å². The zero-order valence-corrected chi connectivity index (χ0v) is 25.2. The number of rotatable bonds is 14. The molecule has 3 aromatic carbocycles. The van der Waals surface area contributed by atoms with Crippen LogP contribution in [0, 0.1) is 0 Å². The summed E-state index contributed by atoms with van der Waals surface area (Å²) in [6, 6.07) is 24.2. The van der Waals surface area contributed by atoms with Gasteiger partial charge in [-0.3, -0.25) is 9.59 Å². The number of nitrogens with zero attached hydrogens (tertiary/aromatic N) is 3. The lowest BCUT2D eigenvalue weighted by Crippen LogP contribution is -2.55. The minimum absolute atomic E-state index is 0.0755. The molecule has 0 radical (unpaired) electrons. The minimum atomic E-state index is -4.03. The van der Waals surface area contributed by atoms with Crippen LogP contribution in [0.15, 0.2) is 84.9 Å². The van der Waals surface area contributed by atoms with Crippen LogP contribution in [0.2, 0.25) is 0 Å². The van der Waals surface area contributed by atoms with Crippen molar-refractivity contribution < 1.29 is 22.7 Å². The van der Waals surface area contributed by atoms with Gasteiger partial charge in [0.05, 0.1) is 12.8 Å². The highest BCUT2D eigenvalue weighted by Crippen LogP contribution is 2.22. The number of ether oxygens (including phenoxy) is 1. The predicted octanol–water partition coefficient (Wildman–Crippen LogP) is 3.86. The summed E-state index contributed by atoms with van der Waals surface area (Å²) in [5.41, 5.74) is 1.97. The van der Waals surface area contributed by atoms with Gasteiger partial charge < -0.3 is 15.0 Å². The van der Waals surface area contributed by atoms with Crippen LogP contribution in [0.3, 0.4) is 0 Å². The van der Waals surface area contributed by atoms with Gasteiger partial charge in [0.25, 0.3) is 0 Å². The Morgan fingerprint density at radius 2 is 1.51 bits per heavy atom. The van der Waals surface area contributed by atoms with E-state index >= 15 is 0 Å². The largest absolute Gasteiger partial charge is 0.497 e. The quantitative estimate of drug-likeness (QED) is 0.312. The van der Waals surface area contributed by atoms with Crippen molar-refractivity contribution in [3.05, 3.63) is 96.1 Å². The maximum Gasteiger partial charge on any atom is 0.304 e. The van der Waals surface area contributed by atoms with Crippen LogP contribution in [0.1, 0.15) is 31.4 Å². The van der Waals surface area contributed by atoms with E-state index in [0.717, 1.165) is 26.2 Å². The van der Waals surface area contributed by atoms with Crippen LogP contribution in [-0.4, -0.2) is 69.3 Å². The summed E-state index contributed by atoms with van der Waals surface area (Å²) in [5, 5.41) is 3.03. The van der Waals surface area contributed by atoms with E-state index in [1.54, 1.807) is 49.6 Å². The van der Waals surface area contributed by atoms with Crippen LogP contribution in [0.4, 0.5) is 5.69 Å². The molecule has 10 heteroatoms. The summed E-state index contributed by atoms with van der Waals surface area (Å²) in [6.07, 6.45) is 0.973. The van der Waals surface area contributed by atoms with Crippen molar-refractivity contribution in [1.29, 1.82) is 0 Å². The van der Waals surface area contributed by atoms with Crippen LogP contribution in [-0.2, 0) is 32.8 Å². The number of carbonyl (C=O) groups excluding carboxylic acids is 2. The number of para-hydroxylation sites is 1. The van der Waals surface area contributed by atoms with Gasteiger partial charge in [-0.05, 0) is 48.7 Å². The molecule has 0 saturated heterocycles. The molecule has 0 aromatic heterocycles. The Balaban J connectivity index is 2.10. The number of benzene rings is 3. The lowest BCUT2D eigenvalue weighted by atomic mass is 10.0. The molecule has 0 unspecified atom stereocenters. The first-order chi connectivity index (χ1) is 19.6. The maximum absolute atomic E-state index is 14.2. The zero-order valence-electron chi connectivity index (χ0n) is 24.4. The Morgan fingerprint density at radius 3 is 2.10 bits per heavy atom. The van der Waals surface area contributed by atoms with E-state index in [9.17, 15) is 18.0 Å².